The van der Waals surface area contributed by atoms with Crippen molar-refractivity contribution in [3.05, 3.63) is 29.3 Å². The van der Waals surface area contributed by atoms with Gasteiger partial charge in [0.1, 0.15) is 0 Å². The van der Waals surface area contributed by atoms with E-state index < -0.39 is 5.97 Å². The van der Waals surface area contributed by atoms with Gasteiger partial charge in [-0.2, -0.15) is 0 Å². The zero-order valence-corrected chi connectivity index (χ0v) is 17.3. The first-order valence-electron chi connectivity index (χ1n) is 6.75. The van der Waals surface area contributed by atoms with E-state index in [0.29, 0.717) is 17.7 Å². The van der Waals surface area contributed by atoms with E-state index in [4.69, 9.17) is 17.6 Å². The Morgan fingerprint density at radius 1 is 1.36 bits per heavy atom. The third-order valence-corrected chi connectivity index (χ3v) is 3.62. The molecule has 0 bridgehead atoms. The number of para-hydroxylation sites is 1. The number of hydrogen-bond acceptors (Lipinski definition) is 4. The number of benzene rings is 1. The Labute approximate surface area is 162 Å². The van der Waals surface area contributed by atoms with Gasteiger partial charge >= 0.3 is 5.97 Å². The zero-order valence-electron chi connectivity index (χ0n) is 13.7. The van der Waals surface area contributed by atoms with Crippen LogP contribution in [-0.4, -0.2) is 43.0 Å². The van der Waals surface area contributed by atoms with Gasteiger partial charge in [0.05, 0.1) is 32.5 Å². The number of ether oxygens (including phenoxy) is 1. The monoisotopic (exact) mass is 399 g/mol. The molecule has 0 spiro atoms. The Balaban J connectivity index is 0.00000441. The fourth-order valence-electron chi connectivity index (χ4n) is 2.23. The van der Waals surface area contributed by atoms with Gasteiger partial charge < -0.3 is 26.8 Å². The number of anilines is 1. The first-order chi connectivity index (χ1) is 9.72. The molecule has 5 nitrogen and oxygen atoms in total. The number of carbonyl (C=O) groups is 2. The molecule has 119 valence electrons. The first-order valence-corrected chi connectivity index (χ1v) is 7.12. The molecule has 0 fully saturated rings. The van der Waals surface area contributed by atoms with E-state index in [-0.39, 0.29) is 48.5 Å². The Morgan fingerprint density at radius 2 is 1.95 bits per heavy atom. The number of carbonyl (C=O) groups excluding carboxylic acids is 2. The number of hydrogen-bond donors (Lipinski definition) is 1. The average Bonchev–Trinajstić information content (AvgIpc) is 2.39. The molecule has 1 unspecified atom stereocenters. The fourth-order valence-corrected chi connectivity index (χ4v) is 2.47. The molecule has 0 aromatic heterocycles. The number of aryl methyl sites for hydroxylation is 1. The fraction of sp³-hybridized carbons (Fsp3) is 0.467. The van der Waals surface area contributed by atoms with Crippen LogP contribution in [0, 0.1) is 6.92 Å². The Bertz CT molecular complexity index is 544. The van der Waals surface area contributed by atoms with Crippen LogP contribution in [0.2, 0.25) is 0 Å². The predicted octanol–water partition coefficient (Wildman–Crippen LogP) is 2.03. The van der Waals surface area contributed by atoms with Crippen LogP contribution in [0.3, 0.4) is 0 Å². The van der Waals surface area contributed by atoms with Gasteiger partial charge in [0.2, 0.25) is 0 Å². The second-order valence-corrected chi connectivity index (χ2v) is 6.28. The molecule has 0 saturated heterocycles. The maximum absolute atomic E-state index is 12.5. The maximum atomic E-state index is 12.5. The Kier molecular flexibility index (Phi) is 8.84. The van der Waals surface area contributed by atoms with E-state index in [2.05, 4.69) is 5.32 Å². The summed E-state index contributed by atoms with van der Waals surface area (Å²) in [4.78, 5) is 24.3. The summed E-state index contributed by atoms with van der Waals surface area (Å²) < 4.78 is 4.87. The summed E-state index contributed by atoms with van der Waals surface area (Å²) >= 11 is 5.32. The molecule has 1 radical (unpaired) electrons. The van der Waals surface area contributed by atoms with Crippen LogP contribution in [-0.2, 0) is 55.1 Å². The van der Waals surface area contributed by atoms with E-state index in [0.717, 1.165) is 5.56 Å². The van der Waals surface area contributed by atoms with Gasteiger partial charge in [0, 0.05) is 39.1 Å². The molecule has 0 saturated carbocycles. The molecule has 1 rings (SSSR count). The van der Waals surface area contributed by atoms with Gasteiger partial charge in [-0.05, 0) is 18.6 Å². The van der Waals surface area contributed by atoms with Crippen molar-refractivity contribution in [2.45, 2.75) is 26.3 Å². The molecule has 1 aromatic carbocycles. The van der Waals surface area contributed by atoms with Crippen LogP contribution in [0.5, 0.6) is 0 Å². The SMILES string of the molecule is CCC(C(=O)Nc1c(C)cccc1C(=O)OC)[N+](C)(C)[S-].[Y]. The zero-order chi connectivity index (χ0) is 16.2. The molecular formula is C15H22N2O3SY. The Morgan fingerprint density at radius 3 is 2.41 bits per heavy atom. The summed E-state index contributed by atoms with van der Waals surface area (Å²) in [5, 5.41) is 2.83. The van der Waals surface area contributed by atoms with Crippen LogP contribution in [0.15, 0.2) is 18.2 Å². The minimum Gasteiger partial charge on any atom is -0.494 e. The van der Waals surface area contributed by atoms with E-state index in [9.17, 15) is 9.59 Å². The molecule has 1 N–H and O–H groups in total. The summed E-state index contributed by atoms with van der Waals surface area (Å²) in [6.07, 6.45) is 0.613. The normalized spacial score (nSPS) is 12.1. The average molecular weight is 399 g/mol. The van der Waals surface area contributed by atoms with E-state index >= 15 is 0 Å². The predicted molar refractivity (Wildman–Crippen MR) is 84.7 cm³/mol. The summed E-state index contributed by atoms with van der Waals surface area (Å²) in [6, 6.07) is 4.84. The molecule has 1 amide bonds. The quantitative estimate of drug-likeness (QED) is 0.468. The summed E-state index contributed by atoms with van der Waals surface area (Å²) in [6.45, 7) is 3.74. The minimum absolute atomic E-state index is 0. The minimum atomic E-state index is -0.478. The molecule has 0 aliphatic rings. The third-order valence-electron chi connectivity index (χ3n) is 3.37. The molecule has 0 aliphatic heterocycles. The second kappa shape index (κ2) is 9.01. The van der Waals surface area contributed by atoms with Crippen molar-refractivity contribution in [3.63, 3.8) is 0 Å². The van der Waals surface area contributed by atoms with Crippen molar-refractivity contribution < 1.29 is 50.9 Å². The molecule has 1 aromatic rings. The summed E-state index contributed by atoms with van der Waals surface area (Å²) in [5.41, 5.74) is 1.63. The molecule has 7 heteroatoms. The second-order valence-electron chi connectivity index (χ2n) is 5.34. The van der Waals surface area contributed by atoms with Crippen molar-refractivity contribution >= 4 is 30.4 Å². The maximum Gasteiger partial charge on any atom is 0.339 e. The van der Waals surface area contributed by atoms with Crippen molar-refractivity contribution in [1.29, 1.82) is 0 Å². The molecular weight excluding hydrogens is 377 g/mol. The van der Waals surface area contributed by atoms with Gasteiger partial charge in [-0.3, -0.25) is 4.79 Å². The van der Waals surface area contributed by atoms with Crippen molar-refractivity contribution in [3.8, 4) is 0 Å². The van der Waals surface area contributed by atoms with E-state index in [1.54, 1.807) is 26.2 Å². The third kappa shape index (κ3) is 5.34. The topological polar surface area (TPSA) is 55.4 Å². The van der Waals surface area contributed by atoms with Crippen molar-refractivity contribution in [1.82, 2.24) is 0 Å². The first kappa shape index (κ1) is 21.6. The van der Waals surface area contributed by atoms with Gasteiger partial charge in [0.25, 0.3) is 5.91 Å². The number of nitrogens with one attached hydrogen (secondary N) is 1. The van der Waals surface area contributed by atoms with Crippen LogP contribution in [0.1, 0.15) is 29.3 Å². The van der Waals surface area contributed by atoms with Crippen LogP contribution in [0.4, 0.5) is 5.69 Å². The number of nitrogens with zero attached hydrogens (tertiary/aromatic N) is 1. The van der Waals surface area contributed by atoms with Crippen LogP contribution in [0.25, 0.3) is 0 Å². The van der Waals surface area contributed by atoms with Crippen LogP contribution >= 0.6 is 0 Å². The van der Waals surface area contributed by atoms with Crippen molar-refractivity contribution in [2.24, 2.45) is 0 Å². The number of amides is 1. The number of quaternary nitrogens is 1. The van der Waals surface area contributed by atoms with E-state index in [1.807, 2.05) is 19.9 Å². The smallest absolute Gasteiger partial charge is 0.339 e. The van der Waals surface area contributed by atoms with E-state index in [1.165, 1.54) is 7.11 Å². The largest absolute Gasteiger partial charge is 0.494 e. The van der Waals surface area contributed by atoms with Gasteiger partial charge in [-0.1, -0.05) is 19.1 Å². The van der Waals surface area contributed by atoms with Gasteiger partial charge in [-0.15, -0.1) is 0 Å². The number of likely N-dealkylation sites (N-methyl/N-ethyl adjacent to an activating group) is 1. The molecule has 0 heterocycles. The number of rotatable bonds is 5. The van der Waals surface area contributed by atoms with Gasteiger partial charge in [0.15, 0.2) is 6.04 Å². The summed E-state index contributed by atoms with van der Waals surface area (Å²) in [7, 11) is 4.90. The van der Waals surface area contributed by atoms with Crippen molar-refractivity contribution in [2.75, 3.05) is 26.5 Å². The number of methoxy groups -OCH3 is 1. The van der Waals surface area contributed by atoms with Crippen LogP contribution < -0.4 is 5.32 Å². The number of esters is 1. The van der Waals surface area contributed by atoms with Gasteiger partial charge in [-0.25, -0.2) is 4.79 Å². The summed E-state index contributed by atoms with van der Waals surface area (Å²) in [5.74, 6) is -0.675. The standard InChI is InChI=1S/C15H22N2O3S.Y/c1-6-12(17(3,4)21)14(18)16-13-10(2)8-7-9-11(13)15(19)20-5;/h7-9,12H,6H2,1-5H3,(H,16,18);. The molecule has 22 heavy (non-hydrogen) atoms. The Hall–Kier alpha value is -0.426. The molecule has 0 aliphatic carbocycles. The molecule has 1 atom stereocenters.